The second-order valence-electron chi connectivity index (χ2n) is 2.92. The molecule has 1 heterocycles. The predicted molar refractivity (Wildman–Crippen MR) is 63.6 cm³/mol. The Morgan fingerprint density at radius 2 is 2.41 bits per heavy atom. The van der Waals surface area contributed by atoms with Crippen LogP contribution in [0.25, 0.3) is 0 Å². The highest BCUT2D eigenvalue weighted by Gasteiger charge is 2.20. The molecule has 1 amide bonds. The van der Waals surface area contributed by atoms with Crippen LogP contribution in [-0.2, 0) is 4.74 Å². The maximum absolute atomic E-state index is 11.6. The van der Waals surface area contributed by atoms with E-state index in [1.54, 1.807) is 6.92 Å². The minimum absolute atomic E-state index is 0.0787. The molecule has 1 aromatic rings. The fraction of sp³-hybridized carbons (Fsp3) is 0.300. The molecule has 0 radical (unpaired) electrons. The first-order valence-corrected chi connectivity index (χ1v) is 5.66. The van der Waals surface area contributed by atoms with Gasteiger partial charge in [0.1, 0.15) is 11.5 Å². The minimum Gasteiger partial charge on any atom is -0.477 e. The number of carbonyl (C=O) groups is 2. The van der Waals surface area contributed by atoms with Crippen molar-refractivity contribution in [2.24, 2.45) is 0 Å². The second-order valence-corrected chi connectivity index (χ2v) is 3.93. The number of carbonyl (C=O) groups excluding carboxylic acids is 1. The highest BCUT2D eigenvalue weighted by Crippen LogP contribution is 2.22. The smallest absolute Gasteiger partial charge is 0.416 e. The predicted octanol–water partition coefficient (Wildman–Crippen LogP) is 1.99. The van der Waals surface area contributed by atoms with Crippen LogP contribution in [0.2, 0.25) is 0 Å². The summed E-state index contributed by atoms with van der Waals surface area (Å²) >= 11 is 0.924. The van der Waals surface area contributed by atoms with Crippen LogP contribution in [0.3, 0.4) is 0 Å². The molecule has 0 fully saturated rings. The summed E-state index contributed by atoms with van der Waals surface area (Å²) in [7, 11) is 0. The van der Waals surface area contributed by atoms with E-state index in [1.807, 2.05) is 0 Å². The third-order valence-corrected chi connectivity index (χ3v) is 2.80. The topological polar surface area (TPSA) is 79.7 Å². The lowest BCUT2D eigenvalue weighted by Crippen LogP contribution is -2.31. The van der Waals surface area contributed by atoms with Crippen molar-refractivity contribution in [1.82, 2.24) is 4.98 Å². The van der Waals surface area contributed by atoms with Gasteiger partial charge in [0, 0.05) is 6.54 Å². The quantitative estimate of drug-likeness (QED) is 0.815. The Hall–Kier alpha value is -1.89. The molecule has 1 rings (SSSR count). The van der Waals surface area contributed by atoms with Gasteiger partial charge in [-0.15, -0.1) is 0 Å². The van der Waals surface area contributed by atoms with E-state index >= 15 is 0 Å². The van der Waals surface area contributed by atoms with Crippen LogP contribution in [0.5, 0.6) is 0 Å². The first kappa shape index (κ1) is 13.2. The SMILES string of the molecule is C=CCOC(=O)N(CC)c1ncc(C(=O)O)s1. The summed E-state index contributed by atoms with van der Waals surface area (Å²) < 4.78 is 4.86. The average molecular weight is 256 g/mol. The van der Waals surface area contributed by atoms with Crippen molar-refractivity contribution < 1.29 is 19.4 Å². The standard InChI is InChI=1S/C10H12N2O4S/c1-3-5-16-10(15)12(4-2)9-11-6-7(17-9)8(13)14/h3,6H,1,4-5H2,2H3,(H,13,14). The van der Waals surface area contributed by atoms with E-state index in [2.05, 4.69) is 11.6 Å². The number of thiazole rings is 1. The molecule has 0 spiro atoms. The van der Waals surface area contributed by atoms with Crippen molar-refractivity contribution in [3.63, 3.8) is 0 Å². The molecule has 0 aliphatic carbocycles. The van der Waals surface area contributed by atoms with Crippen LogP contribution >= 0.6 is 11.3 Å². The number of hydrogen-bond donors (Lipinski definition) is 1. The summed E-state index contributed by atoms with van der Waals surface area (Å²) in [5, 5.41) is 9.06. The van der Waals surface area contributed by atoms with Gasteiger partial charge in [-0.25, -0.2) is 14.6 Å². The molecule has 0 aromatic carbocycles. The number of hydrogen-bond acceptors (Lipinski definition) is 5. The number of amides is 1. The molecule has 1 aromatic heterocycles. The number of aromatic carboxylic acids is 1. The van der Waals surface area contributed by atoms with Gasteiger partial charge in [-0.05, 0) is 6.92 Å². The summed E-state index contributed by atoms with van der Waals surface area (Å²) in [6.45, 7) is 5.63. The average Bonchev–Trinajstić information content (AvgIpc) is 2.77. The van der Waals surface area contributed by atoms with Crippen LogP contribution in [0.4, 0.5) is 9.93 Å². The maximum atomic E-state index is 11.6. The van der Waals surface area contributed by atoms with Crippen LogP contribution in [0, 0.1) is 0 Å². The monoisotopic (exact) mass is 256 g/mol. The molecule has 17 heavy (non-hydrogen) atoms. The lowest BCUT2D eigenvalue weighted by atomic mass is 10.6. The normalized spacial score (nSPS) is 9.71. The van der Waals surface area contributed by atoms with E-state index in [4.69, 9.17) is 9.84 Å². The number of ether oxygens (including phenoxy) is 1. The van der Waals surface area contributed by atoms with E-state index in [9.17, 15) is 9.59 Å². The van der Waals surface area contributed by atoms with Crippen molar-refractivity contribution in [3.05, 3.63) is 23.7 Å². The molecule has 1 N–H and O–H groups in total. The van der Waals surface area contributed by atoms with E-state index in [0.29, 0.717) is 11.7 Å². The van der Waals surface area contributed by atoms with E-state index < -0.39 is 12.1 Å². The van der Waals surface area contributed by atoms with E-state index in [0.717, 1.165) is 11.3 Å². The summed E-state index contributed by atoms with van der Waals surface area (Å²) in [5.41, 5.74) is 0. The minimum atomic E-state index is -1.07. The van der Waals surface area contributed by atoms with Gasteiger partial charge in [0.2, 0.25) is 0 Å². The first-order chi connectivity index (χ1) is 8.10. The lowest BCUT2D eigenvalue weighted by molar-refractivity contribution is 0.0702. The molecule has 0 aliphatic heterocycles. The number of nitrogens with zero attached hydrogens (tertiary/aromatic N) is 2. The fourth-order valence-corrected chi connectivity index (χ4v) is 1.85. The number of rotatable bonds is 5. The Bertz CT molecular complexity index is 430. The Kier molecular flexibility index (Phi) is 4.65. The van der Waals surface area contributed by atoms with Gasteiger partial charge in [0.25, 0.3) is 0 Å². The van der Waals surface area contributed by atoms with Gasteiger partial charge in [0.15, 0.2) is 5.13 Å². The number of aromatic nitrogens is 1. The van der Waals surface area contributed by atoms with Gasteiger partial charge < -0.3 is 9.84 Å². The molecule has 7 heteroatoms. The zero-order valence-corrected chi connectivity index (χ0v) is 10.1. The molecular formula is C10H12N2O4S. The van der Waals surface area contributed by atoms with Crippen molar-refractivity contribution in [3.8, 4) is 0 Å². The van der Waals surface area contributed by atoms with Crippen molar-refractivity contribution in [2.45, 2.75) is 6.92 Å². The second kappa shape index (κ2) is 6.00. The van der Waals surface area contributed by atoms with Crippen LogP contribution in [0.1, 0.15) is 16.6 Å². The zero-order chi connectivity index (χ0) is 12.8. The number of anilines is 1. The lowest BCUT2D eigenvalue weighted by Gasteiger charge is -2.16. The molecule has 0 saturated heterocycles. The molecule has 0 aliphatic rings. The van der Waals surface area contributed by atoms with Crippen LogP contribution < -0.4 is 4.90 Å². The Labute approximate surface area is 102 Å². The van der Waals surface area contributed by atoms with Gasteiger partial charge >= 0.3 is 12.1 Å². The van der Waals surface area contributed by atoms with Crippen molar-refractivity contribution >= 4 is 28.5 Å². The molecule has 0 bridgehead atoms. The van der Waals surface area contributed by atoms with Crippen molar-refractivity contribution in [2.75, 3.05) is 18.1 Å². The van der Waals surface area contributed by atoms with Crippen LogP contribution in [0.15, 0.2) is 18.9 Å². The molecule has 0 saturated carbocycles. The highest BCUT2D eigenvalue weighted by atomic mass is 32.1. The summed E-state index contributed by atoms with van der Waals surface area (Å²) in [6, 6.07) is 0. The summed E-state index contributed by atoms with van der Waals surface area (Å²) in [6.07, 6.45) is 2.10. The van der Waals surface area contributed by atoms with E-state index in [1.165, 1.54) is 17.2 Å². The third kappa shape index (κ3) is 3.28. The van der Waals surface area contributed by atoms with Crippen molar-refractivity contribution in [1.29, 1.82) is 0 Å². The Morgan fingerprint density at radius 1 is 1.71 bits per heavy atom. The van der Waals surface area contributed by atoms with Gasteiger partial charge in [-0.2, -0.15) is 0 Å². The largest absolute Gasteiger partial charge is 0.477 e. The number of carboxylic acids is 1. The molecule has 0 atom stereocenters. The number of carboxylic acid groups (broad SMARTS) is 1. The van der Waals surface area contributed by atoms with Gasteiger partial charge in [0.05, 0.1) is 6.20 Å². The Balaban J connectivity index is 2.81. The zero-order valence-electron chi connectivity index (χ0n) is 9.25. The summed E-state index contributed by atoms with van der Waals surface area (Å²) in [5.74, 6) is -1.07. The molecule has 0 unspecified atom stereocenters. The van der Waals surface area contributed by atoms with Gasteiger partial charge in [-0.1, -0.05) is 24.0 Å². The van der Waals surface area contributed by atoms with E-state index in [-0.39, 0.29) is 11.5 Å². The maximum Gasteiger partial charge on any atom is 0.416 e. The first-order valence-electron chi connectivity index (χ1n) is 4.84. The Morgan fingerprint density at radius 3 is 2.88 bits per heavy atom. The molecular weight excluding hydrogens is 244 g/mol. The van der Waals surface area contributed by atoms with Gasteiger partial charge in [-0.3, -0.25) is 4.90 Å². The van der Waals surface area contributed by atoms with Crippen LogP contribution in [-0.4, -0.2) is 35.3 Å². The fourth-order valence-electron chi connectivity index (χ4n) is 1.04. The molecule has 6 nitrogen and oxygen atoms in total. The molecule has 92 valence electrons. The summed E-state index contributed by atoms with van der Waals surface area (Å²) in [4.78, 5) is 27.5. The highest BCUT2D eigenvalue weighted by molar-refractivity contribution is 7.17. The third-order valence-electron chi connectivity index (χ3n) is 1.80.